The van der Waals surface area contributed by atoms with Gasteiger partial charge in [0.2, 0.25) is 0 Å². The van der Waals surface area contributed by atoms with Crippen molar-refractivity contribution in [3.63, 3.8) is 0 Å². The van der Waals surface area contributed by atoms with Crippen LogP contribution in [0.3, 0.4) is 0 Å². The van der Waals surface area contributed by atoms with E-state index in [1.165, 1.54) is 0 Å². The molecule has 0 bridgehead atoms. The molecule has 0 aliphatic heterocycles. The molecule has 19 heavy (non-hydrogen) atoms. The third kappa shape index (κ3) is 5.32. The van der Waals surface area contributed by atoms with Gasteiger partial charge in [-0.25, -0.2) is 0 Å². The van der Waals surface area contributed by atoms with E-state index in [-0.39, 0.29) is 0 Å². The van der Waals surface area contributed by atoms with Gasteiger partial charge in [-0.2, -0.15) is 0 Å². The molecule has 0 saturated heterocycles. The highest BCUT2D eigenvalue weighted by molar-refractivity contribution is 6.17. The summed E-state index contributed by atoms with van der Waals surface area (Å²) in [5.74, 6) is 2.78. The first-order chi connectivity index (χ1) is 9.24. The lowest BCUT2D eigenvalue weighted by Gasteiger charge is -2.16. The van der Waals surface area contributed by atoms with Gasteiger partial charge < -0.3 is 9.47 Å². The van der Waals surface area contributed by atoms with Gasteiger partial charge in [-0.05, 0) is 18.4 Å². The number of alkyl halides is 1. The smallest absolute Gasteiger partial charge is 0.127 e. The number of rotatable bonds is 9. The molecule has 0 unspecified atom stereocenters. The van der Waals surface area contributed by atoms with Crippen molar-refractivity contribution in [2.75, 3.05) is 13.2 Å². The van der Waals surface area contributed by atoms with Crippen LogP contribution in [-0.2, 0) is 5.88 Å². The average Bonchev–Trinajstić information content (AvgIpc) is 2.46. The van der Waals surface area contributed by atoms with Gasteiger partial charge >= 0.3 is 0 Å². The van der Waals surface area contributed by atoms with E-state index in [4.69, 9.17) is 21.1 Å². The summed E-state index contributed by atoms with van der Waals surface area (Å²) in [7, 11) is 0. The van der Waals surface area contributed by atoms with E-state index in [0.717, 1.165) is 49.5 Å². The van der Waals surface area contributed by atoms with Crippen molar-refractivity contribution in [3.8, 4) is 11.5 Å². The summed E-state index contributed by atoms with van der Waals surface area (Å²) < 4.78 is 11.6. The summed E-state index contributed by atoms with van der Waals surface area (Å²) in [6.07, 6.45) is 3.28. The second kappa shape index (κ2) is 9.08. The SMILES string of the molecule is CCCOc1ccc(CCl)c(OCC(CC)CC)c1. The van der Waals surface area contributed by atoms with Crippen molar-refractivity contribution in [1.82, 2.24) is 0 Å². The molecule has 0 aromatic heterocycles. The second-order valence-corrected chi connectivity index (χ2v) is 5.01. The van der Waals surface area contributed by atoms with Gasteiger partial charge in [-0.3, -0.25) is 0 Å². The Morgan fingerprint density at radius 2 is 1.84 bits per heavy atom. The minimum Gasteiger partial charge on any atom is -0.493 e. The molecule has 1 aromatic rings. The van der Waals surface area contributed by atoms with Crippen LogP contribution in [0.15, 0.2) is 18.2 Å². The summed E-state index contributed by atoms with van der Waals surface area (Å²) in [4.78, 5) is 0. The fraction of sp³-hybridized carbons (Fsp3) is 0.625. The molecule has 1 aromatic carbocycles. The number of hydrogen-bond donors (Lipinski definition) is 0. The van der Waals surface area contributed by atoms with Crippen molar-refractivity contribution < 1.29 is 9.47 Å². The summed E-state index contributed by atoms with van der Waals surface area (Å²) >= 11 is 5.95. The van der Waals surface area contributed by atoms with Gasteiger partial charge in [0.05, 0.1) is 19.1 Å². The summed E-state index contributed by atoms with van der Waals surface area (Å²) in [6, 6.07) is 5.90. The van der Waals surface area contributed by atoms with Crippen LogP contribution in [-0.4, -0.2) is 13.2 Å². The lowest BCUT2D eigenvalue weighted by Crippen LogP contribution is -2.11. The van der Waals surface area contributed by atoms with E-state index in [9.17, 15) is 0 Å². The molecule has 3 heteroatoms. The van der Waals surface area contributed by atoms with Crippen molar-refractivity contribution in [2.45, 2.75) is 45.9 Å². The number of hydrogen-bond acceptors (Lipinski definition) is 2. The Bertz CT molecular complexity index is 362. The summed E-state index contributed by atoms with van der Waals surface area (Å²) in [5, 5.41) is 0. The van der Waals surface area contributed by atoms with Crippen molar-refractivity contribution in [2.24, 2.45) is 5.92 Å². The maximum absolute atomic E-state index is 5.95. The molecular weight excluding hydrogens is 260 g/mol. The molecule has 108 valence electrons. The van der Waals surface area contributed by atoms with Gasteiger partial charge in [0.1, 0.15) is 11.5 Å². The highest BCUT2D eigenvalue weighted by Crippen LogP contribution is 2.27. The maximum atomic E-state index is 5.95. The Balaban J connectivity index is 2.72. The number of ether oxygens (including phenoxy) is 2. The monoisotopic (exact) mass is 284 g/mol. The second-order valence-electron chi connectivity index (χ2n) is 4.75. The highest BCUT2D eigenvalue weighted by Gasteiger charge is 2.09. The fourth-order valence-corrected chi connectivity index (χ4v) is 2.04. The van der Waals surface area contributed by atoms with E-state index in [1.54, 1.807) is 0 Å². The van der Waals surface area contributed by atoms with E-state index in [2.05, 4.69) is 20.8 Å². The Morgan fingerprint density at radius 3 is 2.42 bits per heavy atom. The minimum atomic E-state index is 0.465. The van der Waals surface area contributed by atoms with Crippen LogP contribution < -0.4 is 9.47 Å². The molecule has 0 amide bonds. The Kier molecular flexibility index (Phi) is 7.73. The molecule has 0 atom stereocenters. The van der Waals surface area contributed by atoms with Crippen LogP contribution in [0, 0.1) is 5.92 Å². The lowest BCUT2D eigenvalue weighted by atomic mass is 10.1. The van der Waals surface area contributed by atoms with Gasteiger partial charge in [0, 0.05) is 11.6 Å². The topological polar surface area (TPSA) is 18.5 Å². The van der Waals surface area contributed by atoms with E-state index in [0.29, 0.717) is 11.8 Å². The van der Waals surface area contributed by atoms with E-state index in [1.807, 2.05) is 18.2 Å². The zero-order valence-electron chi connectivity index (χ0n) is 12.2. The van der Waals surface area contributed by atoms with Crippen LogP contribution in [0.25, 0.3) is 0 Å². The number of halogens is 1. The Hall–Kier alpha value is -0.890. The van der Waals surface area contributed by atoms with Crippen LogP contribution >= 0.6 is 11.6 Å². The minimum absolute atomic E-state index is 0.465. The predicted octanol–water partition coefficient (Wildman–Crippen LogP) is 5.03. The van der Waals surface area contributed by atoms with Gasteiger partial charge in [-0.1, -0.05) is 39.7 Å². The molecule has 0 aliphatic carbocycles. The first kappa shape index (κ1) is 16.2. The first-order valence-electron chi connectivity index (χ1n) is 7.19. The van der Waals surface area contributed by atoms with E-state index < -0.39 is 0 Å². The normalized spacial score (nSPS) is 10.8. The van der Waals surface area contributed by atoms with Crippen molar-refractivity contribution in [3.05, 3.63) is 23.8 Å². The largest absolute Gasteiger partial charge is 0.493 e. The average molecular weight is 285 g/mol. The van der Waals surface area contributed by atoms with Crippen LogP contribution in [0.2, 0.25) is 0 Å². The van der Waals surface area contributed by atoms with Gasteiger partial charge in [0.15, 0.2) is 0 Å². The Morgan fingerprint density at radius 1 is 1.11 bits per heavy atom. The number of benzene rings is 1. The molecule has 0 fully saturated rings. The zero-order valence-corrected chi connectivity index (χ0v) is 13.0. The Labute approximate surface area is 122 Å². The van der Waals surface area contributed by atoms with E-state index >= 15 is 0 Å². The van der Waals surface area contributed by atoms with Crippen LogP contribution in [0.5, 0.6) is 11.5 Å². The molecular formula is C16H25ClO2. The molecule has 0 N–H and O–H groups in total. The maximum Gasteiger partial charge on any atom is 0.127 e. The van der Waals surface area contributed by atoms with Crippen molar-refractivity contribution in [1.29, 1.82) is 0 Å². The van der Waals surface area contributed by atoms with Gasteiger partial charge in [0.25, 0.3) is 0 Å². The zero-order chi connectivity index (χ0) is 14.1. The van der Waals surface area contributed by atoms with Crippen molar-refractivity contribution >= 4 is 11.6 Å². The third-order valence-corrected chi connectivity index (χ3v) is 3.57. The molecule has 0 spiro atoms. The first-order valence-corrected chi connectivity index (χ1v) is 7.73. The fourth-order valence-electron chi connectivity index (χ4n) is 1.82. The quantitative estimate of drug-likeness (QED) is 0.592. The molecule has 2 nitrogen and oxygen atoms in total. The summed E-state index contributed by atoms with van der Waals surface area (Å²) in [5.41, 5.74) is 1.02. The lowest BCUT2D eigenvalue weighted by molar-refractivity contribution is 0.237. The standard InChI is InChI=1S/C16H25ClO2/c1-4-9-18-15-8-7-14(11-17)16(10-15)19-12-13(5-2)6-3/h7-8,10,13H,4-6,9,11-12H2,1-3H3. The van der Waals surface area contributed by atoms with Crippen LogP contribution in [0.4, 0.5) is 0 Å². The predicted molar refractivity (Wildman–Crippen MR) is 81.4 cm³/mol. The van der Waals surface area contributed by atoms with Crippen LogP contribution in [0.1, 0.15) is 45.6 Å². The molecule has 0 aliphatic rings. The highest BCUT2D eigenvalue weighted by atomic mass is 35.5. The molecule has 0 saturated carbocycles. The van der Waals surface area contributed by atoms with Gasteiger partial charge in [-0.15, -0.1) is 11.6 Å². The molecule has 0 radical (unpaired) electrons. The third-order valence-electron chi connectivity index (χ3n) is 3.28. The summed E-state index contributed by atoms with van der Waals surface area (Å²) in [6.45, 7) is 7.96. The molecule has 1 rings (SSSR count). The molecule has 0 heterocycles.